The first kappa shape index (κ1) is 11.5. The zero-order valence-electron chi connectivity index (χ0n) is 9.50. The molecule has 2 aromatic carbocycles. The number of hydrogen-bond donors (Lipinski definition) is 0. The van der Waals surface area contributed by atoms with Gasteiger partial charge in [0.25, 0.3) is 0 Å². The molecule has 0 atom stereocenters. The first-order valence-corrected chi connectivity index (χ1v) is 5.67. The number of halogens is 3. The monoisotopic (exact) mass is 252 g/mol. The third kappa shape index (κ3) is 1.45. The lowest BCUT2D eigenvalue weighted by molar-refractivity contribution is -0.261. The Morgan fingerprint density at radius 2 is 1.61 bits per heavy atom. The molecule has 0 radical (unpaired) electrons. The van der Waals surface area contributed by atoms with Crippen LogP contribution in [-0.2, 0) is 10.2 Å². The van der Waals surface area contributed by atoms with Gasteiger partial charge in [0.15, 0.2) is 0 Å². The third-order valence-electron chi connectivity index (χ3n) is 3.54. The molecule has 0 aliphatic carbocycles. The van der Waals surface area contributed by atoms with E-state index in [-0.39, 0.29) is 13.2 Å². The molecular weight excluding hydrogens is 241 g/mol. The highest BCUT2D eigenvalue weighted by Crippen LogP contribution is 2.48. The van der Waals surface area contributed by atoms with E-state index in [0.717, 1.165) is 5.39 Å². The minimum absolute atomic E-state index is 0.287. The second-order valence-electron chi connectivity index (χ2n) is 4.60. The number of fused-ring (bicyclic) bond motifs is 1. The summed E-state index contributed by atoms with van der Waals surface area (Å²) in [6, 6.07) is 12.2. The van der Waals surface area contributed by atoms with Gasteiger partial charge in [0.05, 0.1) is 13.2 Å². The Balaban J connectivity index is 2.25. The molecular formula is C14H11F3O. The molecule has 0 N–H and O–H groups in total. The topological polar surface area (TPSA) is 9.23 Å². The van der Waals surface area contributed by atoms with Crippen molar-refractivity contribution in [2.45, 2.75) is 11.6 Å². The molecule has 0 amide bonds. The Hall–Kier alpha value is -1.55. The van der Waals surface area contributed by atoms with Crippen LogP contribution in [0.4, 0.5) is 13.2 Å². The standard InChI is InChI=1S/C14H11F3O/c15-14(16,17)13(8-18-9-13)12-7-3-5-10-4-1-2-6-11(10)12/h1-7H,8-9H2. The van der Waals surface area contributed by atoms with Gasteiger partial charge in [-0.2, -0.15) is 13.2 Å². The zero-order chi connectivity index (χ0) is 12.8. The van der Waals surface area contributed by atoms with Crippen LogP contribution in [0.15, 0.2) is 42.5 Å². The first-order valence-electron chi connectivity index (χ1n) is 5.67. The first-order chi connectivity index (χ1) is 8.55. The van der Waals surface area contributed by atoms with Crippen molar-refractivity contribution in [2.75, 3.05) is 13.2 Å². The smallest absolute Gasteiger partial charge is 0.379 e. The largest absolute Gasteiger partial charge is 0.402 e. The van der Waals surface area contributed by atoms with Gasteiger partial charge in [-0.1, -0.05) is 42.5 Å². The van der Waals surface area contributed by atoms with Crippen molar-refractivity contribution >= 4 is 10.8 Å². The normalized spacial score (nSPS) is 18.6. The summed E-state index contributed by atoms with van der Waals surface area (Å²) in [5.74, 6) is 0. The number of ether oxygens (including phenoxy) is 1. The van der Waals surface area contributed by atoms with Gasteiger partial charge in [0.2, 0.25) is 0 Å². The average Bonchev–Trinajstić information content (AvgIpc) is 2.26. The fraction of sp³-hybridized carbons (Fsp3) is 0.286. The summed E-state index contributed by atoms with van der Waals surface area (Å²) in [7, 11) is 0. The van der Waals surface area contributed by atoms with Crippen LogP contribution in [0.25, 0.3) is 10.8 Å². The molecule has 1 aliphatic heterocycles. The van der Waals surface area contributed by atoms with E-state index in [1.165, 1.54) is 0 Å². The van der Waals surface area contributed by atoms with Gasteiger partial charge in [-0.15, -0.1) is 0 Å². The maximum atomic E-state index is 13.3. The van der Waals surface area contributed by atoms with Crippen molar-refractivity contribution in [1.29, 1.82) is 0 Å². The Bertz CT molecular complexity index is 580. The van der Waals surface area contributed by atoms with E-state index in [0.29, 0.717) is 10.9 Å². The highest BCUT2D eigenvalue weighted by molar-refractivity contribution is 5.87. The average molecular weight is 252 g/mol. The zero-order valence-corrected chi connectivity index (χ0v) is 9.50. The van der Waals surface area contributed by atoms with Crippen molar-refractivity contribution in [1.82, 2.24) is 0 Å². The molecule has 94 valence electrons. The fourth-order valence-electron chi connectivity index (χ4n) is 2.42. The van der Waals surface area contributed by atoms with E-state index in [9.17, 15) is 13.2 Å². The number of benzene rings is 2. The number of alkyl halides is 3. The molecule has 0 saturated carbocycles. The lowest BCUT2D eigenvalue weighted by Crippen LogP contribution is -2.57. The van der Waals surface area contributed by atoms with Crippen LogP contribution in [0.2, 0.25) is 0 Å². The minimum Gasteiger partial charge on any atom is -0.379 e. The highest BCUT2D eigenvalue weighted by Gasteiger charge is 2.61. The van der Waals surface area contributed by atoms with Crippen LogP contribution in [0, 0.1) is 0 Å². The second kappa shape index (κ2) is 3.72. The van der Waals surface area contributed by atoms with E-state index in [4.69, 9.17) is 4.74 Å². The number of rotatable bonds is 1. The maximum Gasteiger partial charge on any atom is 0.402 e. The molecule has 0 spiro atoms. The molecule has 1 nitrogen and oxygen atoms in total. The quantitative estimate of drug-likeness (QED) is 0.752. The Kier molecular flexibility index (Phi) is 2.38. The Morgan fingerprint density at radius 1 is 0.944 bits per heavy atom. The molecule has 0 aromatic heterocycles. The third-order valence-corrected chi connectivity index (χ3v) is 3.54. The predicted molar refractivity (Wildman–Crippen MR) is 62.5 cm³/mol. The lowest BCUT2D eigenvalue weighted by Gasteiger charge is -2.43. The molecule has 2 aromatic rings. The summed E-state index contributed by atoms with van der Waals surface area (Å²) >= 11 is 0. The highest BCUT2D eigenvalue weighted by atomic mass is 19.4. The van der Waals surface area contributed by atoms with Crippen LogP contribution in [-0.4, -0.2) is 19.4 Å². The van der Waals surface area contributed by atoms with Gasteiger partial charge in [-0.05, 0) is 16.3 Å². The minimum atomic E-state index is -4.28. The molecule has 1 aliphatic rings. The van der Waals surface area contributed by atoms with E-state index in [2.05, 4.69) is 0 Å². The Labute approximate surface area is 102 Å². The SMILES string of the molecule is FC(F)(F)C1(c2cccc3ccccc23)COC1. The summed E-state index contributed by atoms with van der Waals surface area (Å²) in [5, 5.41) is 1.48. The second-order valence-corrected chi connectivity index (χ2v) is 4.60. The van der Waals surface area contributed by atoms with Crippen molar-refractivity contribution in [3.8, 4) is 0 Å². The molecule has 18 heavy (non-hydrogen) atoms. The van der Waals surface area contributed by atoms with E-state index >= 15 is 0 Å². The van der Waals surface area contributed by atoms with Gasteiger partial charge in [-0.3, -0.25) is 0 Å². The van der Waals surface area contributed by atoms with Gasteiger partial charge in [0.1, 0.15) is 5.41 Å². The van der Waals surface area contributed by atoms with Crippen molar-refractivity contribution < 1.29 is 17.9 Å². The van der Waals surface area contributed by atoms with Crippen LogP contribution in [0.3, 0.4) is 0 Å². The van der Waals surface area contributed by atoms with Crippen LogP contribution >= 0.6 is 0 Å². The Morgan fingerprint density at radius 3 is 2.22 bits per heavy atom. The molecule has 0 bridgehead atoms. The van der Waals surface area contributed by atoms with Gasteiger partial charge < -0.3 is 4.74 Å². The molecule has 1 heterocycles. The van der Waals surface area contributed by atoms with Crippen LogP contribution in [0.1, 0.15) is 5.56 Å². The van der Waals surface area contributed by atoms with Gasteiger partial charge >= 0.3 is 6.18 Å². The predicted octanol–water partition coefficient (Wildman–Crippen LogP) is 3.67. The van der Waals surface area contributed by atoms with Gasteiger partial charge in [-0.25, -0.2) is 0 Å². The summed E-state index contributed by atoms with van der Waals surface area (Å²) in [6.45, 7) is -0.574. The van der Waals surface area contributed by atoms with E-state index < -0.39 is 11.6 Å². The summed E-state index contributed by atoms with van der Waals surface area (Å²) in [6.07, 6.45) is -4.28. The molecule has 1 saturated heterocycles. The van der Waals surface area contributed by atoms with Crippen molar-refractivity contribution in [2.24, 2.45) is 0 Å². The van der Waals surface area contributed by atoms with Crippen LogP contribution < -0.4 is 0 Å². The van der Waals surface area contributed by atoms with E-state index in [1.807, 2.05) is 18.2 Å². The molecule has 0 unspecified atom stereocenters. The molecule has 1 fully saturated rings. The number of hydrogen-bond acceptors (Lipinski definition) is 1. The lowest BCUT2D eigenvalue weighted by atomic mass is 9.76. The summed E-state index contributed by atoms with van der Waals surface area (Å²) in [4.78, 5) is 0. The summed E-state index contributed by atoms with van der Waals surface area (Å²) in [5.41, 5.74) is -1.52. The van der Waals surface area contributed by atoms with Crippen LogP contribution in [0.5, 0.6) is 0 Å². The van der Waals surface area contributed by atoms with Crippen molar-refractivity contribution in [3.63, 3.8) is 0 Å². The molecule has 4 heteroatoms. The maximum absolute atomic E-state index is 13.3. The fourth-order valence-corrected chi connectivity index (χ4v) is 2.42. The molecule has 3 rings (SSSR count). The van der Waals surface area contributed by atoms with E-state index in [1.54, 1.807) is 24.3 Å². The summed E-state index contributed by atoms with van der Waals surface area (Å²) < 4.78 is 44.7. The van der Waals surface area contributed by atoms with Gasteiger partial charge in [0, 0.05) is 0 Å². The van der Waals surface area contributed by atoms with Crippen molar-refractivity contribution in [3.05, 3.63) is 48.0 Å².